The van der Waals surface area contributed by atoms with Gasteiger partial charge in [0.25, 0.3) is 0 Å². The second-order valence-electron chi connectivity index (χ2n) is 6.36. The standard InChI is InChI=1S/C21H20N4O/c1-3-14-12-17(19(26)11-13(14)2)20-23-24-21(22)25(20)18-10-6-8-15-7-4-5-9-16(15)18/h4-12,26H,3H2,1-2H3,(H2,22,24). The lowest BCUT2D eigenvalue weighted by Gasteiger charge is -2.14. The maximum absolute atomic E-state index is 10.5. The normalized spacial score (nSPS) is 11.2. The highest BCUT2D eigenvalue weighted by atomic mass is 16.3. The van der Waals surface area contributed by atoms with Crippen LogP contribution < -0.4 is 5.73 Å². The number of fused-ring (bicyclic) bond motifs is 1. The number of nitrogens with two attached hydrogens (primary N) is 1. The van der Waals surface area contributed by atoms with E-state index in [0.717, 1.165) is 34.0 Å². The fourth-order valence-electron chi connectivity index (χ4n) is 3.41. The molecule has 4 rings (SSSR count). The molecule has 1 aromatic heterocycles. The van der Waals surface area contributed by atoms with Crippen molar-refractivity contribution in [1.29, 1.82) is 0 Å². The fraction of sp³-hybridized carbons (Fsp3) is 0.143. The number of nitrogen functional groups attached to an aromatic ring is 1. The van der Waals surface area contributed by atoms with Gasteiger partial charge in [0.15, 0.2) is 5.82 Å². The summed E-state index contributed by atoms with van der Waals surface area (Å²) in [4.78, 5) is 0. The minimum absolute atomic E-state index is 0.175. The van der Waals surface area contributed by atoms with E-state index in [0.29, 0.717) is 11.4 Å². The van der Waals surface area contributed by atoms with E-state index in [1.54, 1.807) is 10.6 Å². The van der Waals surface area contributed by atoms with Crippen molar-refractivity contribution >= 4 is 16.7 Å². The largest absolute Gasteiger partial charge is 0.507 e. The summed E-state index contributed by atoms with van der Waals surface area (Å²) in [6, 6.07) is 17.8. The third-order valence-corrected chi connectivity index (χ3v) is 4.77. The first-order chi connectivity index (χ1) is 12.6. The molecule has 0 bridgehead atoms. The number of hydrogen-bond acceptors (Lipinski definition) is 4. The minimum atomic E-state index is 0.175. The van der Waals surface area contributed by atoms with Crippen LogP contribution in [0.15, 0.2) is 54.6 Å². The van der Waals surface area contributed by atoms with Gasteiger partial charge in [-0.25, -0.2) is 0 Å². The smallest absolute Gasteiger partial charge is 0.226 e. The second kappa shape index (κ2) is 6.19. The second-order valence-corrected chi connectivity index (χ2v) is 6.36. The van der Waals surface area contributed by atoms with Gasteiger partial charge in [-0.15, -0.1) is 10.2 Å². The lowest BCUT2D eigenvalue weighted by Crippen LogP contribution is -2.04. The quantitative estimate of drug-likeness (QED) is 0.582. The molecular weight excluding hydrogens is 324 g/mol. The molecule has 26 heavy (non-hydrogen) atoms. The predicted octanol–water partition coefficient (Wildman–Crippen LogP) is 4.25. The zero-order chi connectivity index (χ0) is 18.3. The highest BCUT2D eigenvalue weighted by molar-refractivity contribution is 5.91. The van der Waals surface area contributed by atoms with Crippen LogP contribution >= 0.6 is 0 Å². The van der Waals surface area contributed by atoms with E-state index < -0.39 is 0 Å². The summed E-state index contributed by atoms with van der Waals surface area (Å²) in [6.07, 6.45) is 0.872. The monoisotopic (exact) mass is 344 g/mol. The molecule has 0 unspecified atom stereocenters. The summed E-state index contributed by atoms with van der Waals surface area (Å²) in [6.45, 7) is 4.08. The van der Waals surface area contributed by atoms with Crippen molar-refractivity contribution in [3.05, 3.63) is 65.7 Å². The molecule has 0 aliphatic rings. The van der Waals surface area contributed by atoms with Gasteiger partial charge in [0.05, 0.1) is 11.3 Å². The third kappa shape index (κ3) is 2.49. The van der Waals surface area contributed by atoms with Crippen LogP contribution in [0.2, 0.25) is 0 Å². The maximum Gasteiger partial charge on any atom is 0.226 e. The van der Waals surface area contributed by atoms with E-state index in [9.17, 15) is 5.11 Å². The first kappa shape index (κ1) is 16.1. The molecule has 0 spiro atoms. The Hall–Kier alpha value is -3.34. The molecule has 0 atom stereocenters. The van der Waals surface area contributed by atoms with Gasteiger partial charge in [-0.3, -0.25) is 4.57 Å². The van der Waals surface area contributed by atoms with Gasteiger partial charge in [-0.2, -0.15) is 0 Å². The van der Waals surface area contributed by atoms with Crippen LogP contribution in [0.3, 0.4) is 0 Å². The molecule has 0 saturated carbocycles. The third-order valence-electron chi connectivity index (χ3n) is 4.77. The van der Waals surface area contributed by atoms with Gasteiger partial charge < -0.3 is 10.8 Å². The Kier molecular flexibility index (Phi) is 3.84. The molecule has 0 saturated heterocycles. The molecule has 0 aliphatic heterocycles. The van der Waals surface area contributed by atoms with Crippen molar-refractivity contribution in [3.63, 3.8) is 0 Å². The molecular formula is C21H20N4O. The lowest BCUT2D eigenvalue weighted by atomic mass is 10.0. The fourth-order valence-corrected chi connectivity index (χ4v) is 3.41. The average molecular weight is 344 g/mol. The first-order valence-corrected chi connectivity index (χ1v) is 8.62. The molecule has 5 nitrogen and oxygen atoms in total. The van der Waals surface area contributed by atoms with Crippen LogP contribution in [0.4, 0.5) is 5.95 Å². The van der Waals surface area contributed by atoms with Crippen LogP contribution in [0.1, 0.15) is 18.1 Å². The van der Waals surface area contributed by atoms with Gasteiger partial charge in [0, 0.05) is 5.39 Å². The van der Waals surface area contributed by atoms with Crippen molar-refractivity contribution < 1.29 is 5.11 Å². The number of anilines is 1. The summed E-state index contributed by atoms with van der Waals surface area (Å²) in [5.74, 6) is 0.994. The molecule has 3 N–H and O–H groups in total. The van der Waals surface area contributed by atoms with Crippen molar-refractivity contribution in [3.8, 4) is 22.8 Å². The SMILES string of the molecule is CCc1cc(-c2nnc(N)n2-c2cccc3ccccc23)c(O)cc1C. The summed E-state index contributed by atoms with van der Waals surface area (Å²) in [7, 11) is 0. The van der Waals surface area contributed by atoms with E-state index in [-0.39, 0.29) is 11.7 Å². The van der Waals surface area contributed by atoms with E-state index in [2.05, 4.69) is 29.3 Å². The lowest BCUT2D eigenvalue weighted by molar-refractivity contribution is 0.476. The van der Waals surface area contributed by atoms with Crippen molar-refractivity contribution in [1.82, 2.24) is 14.8 Å². The maximum atomic E-state index is 10.5. The Bertz CT molecular complexity index is 1110. The molecule has 0 radical (unpaired) electrons. The Balaban J connectivity index is 2.01. The van der Waals surface area contributed by atoms with Crippen molar-refractivity contribution in [2.45, 2.75) is 20.3 Å². The Morgan fingerprint density at radius 1 is 1.04 bits per heavy atom. The summed E-state index contributed by atoms with van der Waals surface area (Å²) in [5, 5.41) is 21.0. The van der Waals surface area contributed by atoms with E-state index >= 15 is 0 Å². The topological polar surface area (TPSA) is 77.0 Å². The molecule has 0 aliphatic carbocycles. The first-order valence-electron chi connectivity index (χ1n) is 8.62. The molecule has 0 fully saturated rings. The van der Waals surface area contributed by atoms with Gasteiger partial charge >= 0.3 is 0 Å². The molecule has 130 valence electrons. The minimum Gasteiger partial charge on any atom is -0.507 e. The number of rotatable bonds is 3. The van der Waals surface area contributed by atoms with Gasteiger partial charge in [0.2, 0.25) is 5.95 Å². The van der Waals surface area contributed by atoms with E-state index in [4.69, 9.17) is 5.73 Å². The number of benzene rings is 3. The summed E-state index contributed by atoms with van der Waals surface area (Å²) < 4.78 is 1.80. The Labute approximate surface area is 151 Å². The molecule has 1 heterocycles. The predicted molar refractivity (Wildman–Crippen MR) is 104 cm³/mol. The molecule has 5 heteroatoms. The Morgan fingerprint density at radius 2 is 1.81 bits per heavy atom. The summed E-state index contributed by atoms with van der Waals surface area (Å²) >= 11 is 0. The van der Waals surface area contributed by atoms with Crippen molar-refractivity contribution in [2.24, 2.45) is 0 Å². The van der Waals surface area contributed by atoms with Crippen LogP contribution in [-0.2, 0) is 6.42 Å². The van der Waals surface area contributed by atoms with Gasteiger partial charge in [-0.1, -0.05) is 43.3 Å². The van der Waals surface area contributed by atoms with Crippen LogP contribution in [0, 0.1) is 6.92 Å². The van der Waals surface area contributed by atoms with E-state index in [1.165, 1.54) is 0 Å². The van der Waals surface area contributed by atoms with Crippen LogP contribution in [0.5, 0.6) is 5.75 Å². The number of hydrogen-bond donors (Lipinski definition) is 2. The Morgan fingerprint density at radius 3 is 2.62 bits per heavy atom. The number of nitrogens with zero attached hydrogens (tertiary/aromatic N) is 3. The zero-order valence-corrected chi connectivity index (χ0v) is 14.8. The zero-order valence-electron chi connectivity index (χ0n) is 14.8. The van der Waals surface area contributed by atoms with Gasteiger partial charge in [-0.05, 0) is 48.1 Å². The highest BCUT2D eigenvalue weighted by Gasteiger charge is 2.19. The average Bonchev–Trinajstić information content (AvgIpc) is 3.02. The number of phenolic OH excluding ortho intramolecular Hbond substituents is 1. The number of aromatic hydroxyl groups is 1. The molecule has 3 aromatic carbocycles. The van der Waals surface area contributed by atoms with E-state index in [1.807, 2.05) is 43.3 Å². The number of aryl methyl sites for hydroxylation is 2. The van der Waals surface area contributed by atoms with Crippen LogP contribution in [-0.4, -0.2) is 19.9 Å². The molecule has 0 amide bonds. The molecule has 4 aromatic rings. The van der Waals surface area contributed by atoms with Gasteiger partial charge in [0.1, 0.15) is 5.75 Å². The van der Waals surface area contributed by atoms with Crippen LogP contribution in [0.25, 0.3) is 27.8 Å². The highest BCUT2D eigenvalue weighted by Crippen LogP contribution is 2.35. The number of phenols is 1. The summed E-state index contributed by atoms with van der Waals surface area (Å²) in [5.41, 5.74) is 9.89. The number of aromatic nitrogens is 3. The van der Waals surface area contributed by atoms with Crippen molar-refractivity contribution in [2.75, 3.05) is 5.73 Å².